The van der Waals surface area contributed by atoms with Crippen molar-refractivity contribution in [1.29, 1.82) is 0 Å². The Kier molecular flexibility index (Phi) is 3.09. The zero-order valence-corrected chi connectivity index (χ0v) is 11.7. The molecule has 0 aromatic carbocycles. The maximum atomic E-state index is 11.9. The standard InChI is InChI=1S/C12H15N3O3S/c1-12(2,19(3,16)17)10-9(11(13)18-15-10)8-4-6-14-7-5-8/h4-7H,13H2,1-3H3. The van der Waals surface area contributed by atoms with Crippen molar-refractivity contribution in [3.63, 3.8) is 0 Å². The minimum absolute atomic E-state index is 0.0953. The van der Waals surface area contributed by atoms with E-state index in [4.69, 9.17) is 10.3 Å². The zero-order chi connectivity index (χ0) is 14.3. The average molecular weight is 281 g/mol. The molecule has 0 bridgehead atoms. The lowest BCUT2D eigenvalue weighted by molar-refractivity contribution is 0.417. The molecule has 2 aromatic rings. The number of nitrogen functional groups attached to an aromatic ring is 1. The molecule has 0 spiro atoms. The van der Waals surface area contributed by atoms with Crippen LogP contribution in [0.5, 0.6) is 0 Å². The second-order valence-corrected chi connectivity index (χ2v) is 7.35. The molecule has 0 aliphatic rings. The highest BCUT2D eigenvalue weighted by atomic mass is 32.2. The fourth-order valence-corrected chi connectivity index (χ4v) is 2.18. The summed E-state index contributed by atoms with van der Waals surface area (Å²) in [6.07, 6.45) is 4.35. The van der Waals surface area contributed by atoms with Gasteiger partial charge in [-0.2, -0.15) is 0 Å². The van der Waals surface area contributed by atoms with Gasteiger partial charge in [0.1, 0.15) is 10.4 Å². The van der Waals surface area contributed by atoms with Crippen LogP contribution in [0.15, 0.2) is 29.0 Å². The van der Waals surface area contributed by atoms with Crippen molar-refractivity contribution in [3.8, 4) is 11.1 Å². The third kappa shape index (κ3) is 2.21. The quantitative estimate of drug-likeness (QED) is 0.917. The van der Waals surface area contributed by atoms with Crippen molar-refractivity contribution < 1.29 is 12.9 Å². The Morgan fingerprint density at radius 2 is 1.84 bits per heavy atom. The van der Waals surface area contributed by atoms with Gasteiger partial charge in [0.05, 0.1) is 5.56 Å². The van der Waals surface area contributed by atoms with E-state index < -0.39 is 14.6 Å². The van der Waals surface area contributed by atoms with Gasteiger partial charge in [-0.25, -0.2) is 8.42 Å². The topological polar surface area (TPSA) is 99.1 Å². The highest BCUT2D eigenvalue weighted by Crippen LogP contribution is 2.38. The Balaban J connectivity index is 2.70. The summed E-state index contributed by atoms with van der Waals surface area (Å²) >= 11 is 0. The highest BCUT2D eigenvalue weighted by Gasteiger charge is 2.39. The lowest BCUT2D eigenvalue weighted by atomic mass is 9.99. The van der Waals surface area contributed by atoms with Crippen LogP contribution in [0.4, 0.5) is 5.88 Å². The molecule has 0 aliphatic carbocycles. The Morgan fingerprint density at radius 3 is 2.37 bits per heavy atom. The second-order valence-electron chi connectivity index (χ2n) is 4.79. The minimum atomic E-state index is -3.37. The van der Waals surface area contributed by atoms with Crippen LogP contribution in [0.3, 0.4) is 0 Å². The Hall–Kier alpha value is -1.89. The molecular weight excluding hydrogens is 266 g/mol. The van der Waals surface area contributed by atoms with Crippen LogP contribution in [-0.2, 0) is 14.6 Å². The molecule has 0 atom stereocenters. The molecule has 0 saturated heterocycles. The number of nitrogens with zero attached hydrogens (tertiary/aromatic N) is 2. The molecular formula is C12H15N3O3S. The van der Waals surface area contributed by atoms with Gasteiger partial charge < -0.3 is 10.3 Å². The number of nitrogens with two attached hydrogens (primary N) is 1. The predicted octanol–water partition coefficient (Wildman–Crippen LogP) is 1.60. The first-order valence-electron chi connectivity index (χ1n) is 5.61. The third-order valence-electron chi connectivity index (χ3n) is 3.18. The first-order valence-corrected chi connectivity index (χ1v) is 7.50. The van der Waals surface area contributed by atoms with E-state index in [1.54, 1.807) is 38.4 Å². The Labute approximate surface area is 111 Å². The van der Waals surface area contributed by atoms with Crippen LogP contribution in [-0.4, -0.2) is 24.8 Å². The zero-order valence-electron chi connectivity index (χ0n) is 10.9. The molecule has 7 heteroatoms. The van der Waals surface area contributed by atoms with Crippen LogP contribution in [0.1, 0.15) is 19.5 Å². The minimum Gasteiger partial charge on any atom is -0.367 e. The molecule has 102 valence electrons. The van der Waals surface area contributed by atoms with E-state index in [9.17, 15) is 8.42 Å². The highest BCUT2D eigenvalue weighted by molar-refractivity contribution is 7.91. The molecule has 0 aliphatic heterocycles. The summed E-state index contributed by atoms with van der Waals surface area (Å²) in [5, 5.41) is 3.83. The van der Waals surface area contributed by atoms with Crippen molar-refractivity contribution in [2.45, 2.75) is 18.6 Å². The fraction of sp³-hybridized carbons (Fsp3) is 0.333. The summed E-state index contributed by atoms with van der Waals surface area (Å²) in [7, 11) is -3.37. The van der Waals surface area contributed by atoms with E-state index in [1.807, 2.05) is 0 Å². The number of sulfone groups is 1. The van der Waals surface area contributed by atoms with Gasteiger partial charge >= 0.3 is 0 Å². The van der Waals surface area contributed by atoms with Gasteiger partial charge in [0.2, 0.25) is 5.88 Å². The number of hydrogen-bond acceptors (Lipinski definition) is 6. The Morgan fingerprint density at radius 1 is 1.26 bits per heavy atom. The number of hydrogen-bond donors (Lipinski definition) is 1. The monoisotopic (exact) mass is 281 g/mol. The van der Waals surface area contributed by atoms with Gasteiger partial charge in [0, 0.05) is 18.6 Å². The third-order valence-corrected chi connectivity index (χ3v) is 5.23. The predicted molar refractivity (Wildman–Crippen MR) is 72.0 cm³/mol. The van der Waals surface area contributed by atoms with Crippen LogP contribution in [0.25, 0.3) is 11.1 Å². The van der Waals surface area contributed by atoms with E-state index in [-0.39, 0.29) is 5.88 Å². The van der Waals surface area contributed by atoms with E-state index in [0.29, 0.717) is 11.3 Å². The molecule has 0 unspecified atom stereocenters. The SMILES string of the molecule is CC(C)(c1noc(N)c1-c1ccncc1)S(C)(=O)=O. The number of anilines is 1. The largest absolute Gasteiger partial charge is 0.367 e. The van der Waals surface area contributed by atoms with Crippen LogP contribution in [0.2, 0.25) is 0 Å². The summed E-state index contributed by atoms with van der Waals surface area (Å²) in [5.74, 6) is 0.0953. The lowest BCUT2D eigenvalue weighted by Crippen LogP contribution is -2.29. The van der Waals surface area contributed by atoms with E-state index in [1.165, 1.54) is 0 Å². The molecule has 0 radical (unpaired) electrons. The second kappa shape index (κ2) is 4.34. The van der Waals surface area contributed by atoms with Crippen molar-refractivity contribution in [2.24, 2.45) is 0 Å². The van der Waals surface area contributed by atoms with Crippen molar-refractivity contribution >= 4 is 15.7 Å². The maximum Gasteiger partial charge on any atom is 0.230 e. The van der Waals surface area contributed by atoms with E-state index in [2.05, 4.69) is 10.1 Å². The van der Waals surface area contributed by atoms with Gasteiger partial charge in [-0.05, 0) is 31.5 Å². The summed E-state index contributed by atoms with van der Waals surface area (Å²) in [6, 6.07) is 3.45. The lowest BCUT2D eigenvalue weighted by Gasteiger charge is -2.20. The summed E-state index contributed by atoms with van der Waals surface area (Å²) in [5.41, 5.74) is 7.29. The first-order chi connectivity index (χ1) is 8.75. The van der Waals surface area contributed by atoms with Crippen molar-refractivity contribution in [3.05, 3.63) is 30.2 Å². The molecule has 2 N–H and O–H groups in total. The molecule has 0 fully saturated rings. The van der Waals surface area contributed by atoms with Gasteiger partial charge in [0.15, 0.2) is 9.84 Å². The number of aromatic nitrogens is 2. The van der Waals surface area contributed by atoms with Gasteiger partial charge in [-0.3, -0.25) is 4.98 Å². The van der Waals surface area contributed by atoms with Crippen LogP contribution in [0, 0.1) is 0 Å². The molecule has 2 heterocycles. The van der Waals surface area contributed by atoms with Gasteiger partial charge in [-0.1, -0.05) is 5.16 Å². The summed E-state index contributed by atoms with van der Waals surface area (Å²) in [6.45, 7) is 3.15. The Bertz CT molecular complexity index is 690. The molecule has 2 rings (SSSR count). The first kappa shape index (κ1) is 13.5. The molecule has 6 nitrogen and oxygen atoms in total. The maximum absolute atomic E-state index is 11.9. The normalized spacial score (nSPS) is 12.6. The van der Waals surface area contributed by atoms with Crippen molar-refractivity contribution in [1.82, 2.24) is 10.1 Å². The molecule has 2 aromatic heterocycles. The van der Waals surface area contributed by atoms with Gasteiger partial charge in [-0.15, -0.1) is 0 Å². The fourth-order valence-electron chi connectivity index (χ4n) is 1.69. The molecule has 0 saturated carbocycles. The number of rotatable bonds is 3. The summed E-state index contributed by atoms with van der Waals surface area (Å²) in [4.78, 5) is 3.92. The van der Waals surface area contributed by atoms with Crippen molar-refractivity contribution in [2.75, 3.05) is 12.0 Å². The van der Waals surface area contributed by atoms with E-state index >= 15 is 0 Å². The molecule has 19 heavy (non-hydrogen) atoms. The summed E-state index contributed by atoms with van der Waals surface area (Å²) < 4.78 is 27.6. The van der Waals surface area contributed by atoms with Crippen LogP contribution >= 0.6 is 0 Å². The number of pyridine rings is 1. The van der Waals surface area contributed by atoms with Crippen LogP contribution < -0.4 is 5.73 Å². The van der Waals surface area contributed by atoms with E-state index in [0.717, 1.165) is 11.8 Å². The average Bonchev–Trinajstić information content (AvgIpc) is 2.71. The smallest absolute Gasteiger partial charge is 0.230 e. The molecule has 0 amide bonds. The van der Waals surface area contributed by atoms with Gasteiger partial charge in [0.25, 0.3) is 0 Å².